The normalized spacial score (nSPS) is 11.5. The number of anilines is 6. The fourth-order valence-electron chi connectivity index (χ4n) is 6.91. The summed E-state index contributed by atoms with van der Waals surface area (Å²) in [5.74, 6) is 0.358. The van der Waals surface area contributed by atoms with Gasteiger partial charge < -0.3 is 9.80 Å². The first-order valence-corrected chi connectivity index (χ1v) is 15.7. The van der Waals surface area contributed by atoms with Gasteiger partial charge in [-0.25, -0.2) is 0 Å². The molecule has 0 aliphatic heterocycles. The summed E-state index contributed by atoms with van der Waals surface area (Å²) in [4.78, 5) is 4.79. The maximum atomic E-state index is 2.45. The zero-order valence-corrected chi connectivity index (χ0v) is 25.6. The fraction of sp³-hybridized carbons (Fsp3) is 0.0698. The second kappa shape index (κ2) is 11.2. The first-order valence-electron chi connectivity index (χ1n) is 15.7. The van der Waals surface area contributed by atoms with Gasteiger partial charge >= 0.3 is 0 Å². The second-order valence-electron chi connectivity index (χ2n) is 12.0. The standard InChI is InChI=1S/C43H34N2/c1-30(2)38-29-39-41(45(34-19-11-5-12-20-34)35-21-13-6-14-22-35)27-24-31-23-25-37-40(28-26-36(38)43(37)42(31)39)44(32-15-7-3-8-16-32)33-17-9-4-10-18-33/h3-30H,1-2H3. The van der Waals surface area contributed by atoms with E-state index in [0.29, 0.717) is 5.92 Å². The topological polar surface area (TPSA) is 6.48 Å². The molecular weight excluding hydrogens is 544 g/mol. The Hall–Kier alpha value is -5.60. The number of rotatable bonds is 7. The van der Waals surface area contributed by atoms with E-state index in [2.05, 4.69) is 187 Å². The molecule has 2 heteroatoms. The Bertz CT molecular complexity index is 2150. The fourth-order valence-corrected chi connectivity index (χ4v) is 6.91. The van der Waals surface area contributed by atoms with Crippen LogP contribution in [0.2, 0.25) is 0 Å². The van der Waals surface area contributed by atoms with E-state index in [1.165, 1.54) is 49.3 Å². The molecule has 0 unspecified atom stereocenters. The lowest BCUT2D eigenvalue weighted by Gasteiger charge is -2.30. The molecule has 0 bridgehead atoms. The minimum absolute atomic E-state index is 0.358. The predicted octanol–water partition coefficient (Wildman–Crippen LogP) is 12.6. The summed E-state index contributed by atoms with van der Waals surface area (Å²) in [6, 6.07) is 59.2. The number of hydrogen-bond acceptors (Lipinski definition) is 2. The van der Waals surface area contributed by atoms with Gasteiger partial charge in [-0.1, -0.05) is 111 Å². The molecule has 0 aliphatic carbocycles. The van der Waals surface area contributed by atoms with Gasteiger partial charge in [0.2, 0.25) is 0 Å². The van der Waals surface area contributed by atoms with E-state index >= 15 is 0 Å². The first kappa shape index (κ1) is 27.0. The molecule has 8 rings (SSSR count). The summed E-state index contributed by atoms with van der Waals surface area (Å²) in [6.45, 7) is 4.62. The summed E-state index contributed by atoms with van der Waals surface area (Å²) in [5.41, 5.74) is 8.30. The summed E-state index contributed by atoms with van der Waals surface area (Å²) in [5, 5.41) is 7.74. The van der Waals surface area contributed by atoms with Crippen LogP contribution in [0.25, 0.3) is 32.3 Å². The van der Waals surface area contributed by atoms with Crippen molar-refractivity contribution >= 4 is 66.4 Å². The molecule has 45 heavy (non-hydrogen) atoms. The molecule has 8 aromatic carbocycles. The monoisotopic (exact) mass is 578 g/mol. The van der Waals surface area contributed by atoms with E-state index in [-0.39, 0.29) is 0 Å². The molecule has 0 spiro atoms. The van der Waals surface area contributed by atoms with Crippen LogP contribution in [0.1, 0.15) is 25.3 Å². The van der Waals surface area contributed by atoms with Crippen molar-refractivity contribution in [3.8, 4) is 0 Å². The highest BCUT2D eigenvalue weighted by Crippen LogP contribution is 2.49. The van der Waals surface area contributed by atoms with Gasteiger partial charge in [-0.15, -0.1) is 0 Å². The highest BCUT2D eigenvalue weighted by molar-refractivity contribution is 6.29. The number of para-hydroxylation sites is 4. The molecule has 0 aliphatic rings. The number of benzene rings is 8. The first-order chi connectivity index (χ1) is 22.2. The molecule has 0 amide bonds. The van der Waals surface area contributed by atoms with Crippen molar-refractivity contribution in [2.24, 2.45) is 0 Å². The molecule has 0 atom stereocenters. The molecular formula is C43H34N2. The van der Waals surface area contributed by atoms with Crippen LogP contribution in [0, 0.1) is 0 Å². The van der Waals surface area contributed by atoms with Gasteiger partial charge in [0, 0.05) is 33.5 Å². The lowest BCUT2D eigenvalue weighted by molar-refractivity contribution is 0.878. The highest BCUT2D eigenvalue weighted by atomic mass is 15.1. The van der Waals surface area contributed by atoms with Gasteiger partial charge in [0.25, 0.3) is 0 Å². The molecule has 0 aromatic heterocycles. The predicted molar refractivity (Wildman–Crippen MR) is 194 cm³/mol. The molecule has 0 heterocycles. The van der Waals surface area contributed by atoms with Gasteiger partial charge in [-0.05, 0) is 99.8 Å². The third kappa shape index (κ3) is 4.58. The molecule has 0 fully saturated rings. The average Bonchev–Trinajstić information content (AvgIpc) is 3.10. The summed E-state index contributed by atoms with van der Waals surface area (Å²) in [7, 11) is 0. The zero-order chi connectivity index (χ0) is 30.3. The smallest absolute Gasteiger partial charge is 0.0540 e. The van der Waals surface area contributed by atoms with E-state index in [4.69, 9.17) is 0 Å². The Morgan fingerprint density at radius 2 is 0.778 bits per heavy atom. The van der Waals surface area contributed by atoms with Crippen molar-refractivity contribution in [3.05, 3.63) is 169 Å². The van der Waals surface area contributed by atoms with Gasteiger partial charge in [0.1, 0.15) is 0 Å². The molecule has 0 saturated heterocycles. The van der Waals surface area contributed by atoms with E-state index in [9.17, 15) is 0 Å². The van der Waals surface area contributed by atoms with Gasteiger partial charge in [0.05, 0.1) is 11.4 Å². The second-order valence-corrected chi connectivity index (χ2v) is 12.0. The van der Waals surface area contributed by atoms with Gasteiger partial charge in [-0.3, -0.25) is 0 Å². The summed E-state index contributed by atoms with van der Waals surface area (Å²) < 4.78 is 0. The summed E-state index contributed by atoms with van der Waals surface area (Å²) >= 11 is 0. The van der Waals surface area contributed by atoms with Crippen LogP contribution in [0.15, 0.2) is 164 Å². The Labute approximate surface area is 264 Å². The quantitative estimate of drug-likeness (QED) is 0.174. The SMILES string of the molecule is CC(C)c1cc2c(N(c3ccccc3)c3ccccc3)ccc3ccc4c(N(c5ccccc5)c5ccccc5)ccc1c4c32. The van der Waals surface area contributed by atoms with Crippen LogP contribution in [-0.4, -0.2) is 0 Å². The average molecular weight is 579 g/mol. The minimum Gasteiger partial charge on any atom is -0.310 e. The minimum atomic E-state index is 0.358. The van der Waals surface area contributed by atoms with Crippen LogP contribution < -0.4 is 9.80 Å². The van der Waals surface area contributed by atoms with E-state index < -0.39 is 0 Å². The van der Waals surface area contributed by atoms with E-state index in [0.717, 1.165) is 22.7 Å². The van der Waals surface area contributed by atoms with Crippen LogP contribution in [0.4, 0.5) is 34.1 Å². The number of nitrogens with zero attached hydrogens (tertiary/aromatic N) is 2. The van der Waals surface area contributed by atoms with E-state index in [1.807, 2.05) is 0 Å². The molecule has 0 radical (unpaired) electrons. The van der Waals surface area contributed by atoms with Crippen LogP contribution >= 0.6 is 0 Å². The lowest BCUT2D eigenvalue weighted by Crippen LogP contribution is -2.11. The van der Waals surface area contributed by atoms with Crippen LogP contribution in [0.5, 0.6) is 0 Å². The number of hydrogen-bond donors (Lipinski definition) is 0. The maximum absolute atomic E-state index is 2.45. The largest absolute Gasteiger partial charge is 0.310 e. The highest BCUT2D eigenvalue weighted by Gasteiger charge is 2.23. The Kier molecular flexibility index (Phi) is 6.69. The van der Waals surface area contributed by atoms with Crippen molar-refractivity contribution in [1.29, 1.82) is 0 Å². The Balaban J connectivity index is 1.48. The molecule has 0 N–H and O–H groups in total. The Morgan fingerprint density at radius 3 is 1.24 bits per heavy atom. The Morgan fingerprint density at radius 1 is 0.378 bits per heavy atom. The molecule has 216 valence electrons. The maximum Gasteiger partial charge on any atom is 0.0540 e. The lowest BCUT2D eigenvalue weighted by atomic mass is 9.86. The molecule has 8 aromatic rings. The van der Waals surface area contributed by atoms with Crippen molar-refractivity contribution in [2.45, 2.75) is 19.8 Å². The third-order valence-electron chi connectivity index (χ3n) is 8.93. The van der Waals surface area contributed by atoms with E-state index in [1.54, 1.807) is 0 Å². The third-order valence-corrected chi connectivity index (χ3v) is 8.93. The van der Waals surface area contributed by atoms with Crippen LogP contribution in [0.3, 0.4) is 0 Å². The van der Waals surface area contributed by atoms with Crippen LogP contribution in [-0.2, 0) is 0 Å². The molecule has 2 nitrogen and oxygen atoms in total. The summed E-state index contributed by atoms with van der Waals surface area (Å²) in [6.07, 6.45) is 0. The van der Waals surface area contributed by atoms with Gasteiger partial charge in [0.15, 0.2) is 0 Å². The zero-order valence-electron chi connectivity index (χ0n) is 25.6. The van der Waals surface area contributed by atoms with Gasteiger partial charge in [-0.2, -0.15) is 0 Å². The van der Waals surface area contributed by atoms with Crippen molar-refractivity contribution in [2.75, 3.05) is 9.80 Å². The van der Waals surface area contributed by atoms with Crippen molar-refractivity contribution in [3.63, 3.8) is 0 Å². The van der Waals surface area contributed by atoms with Crippen molar-refractivity contribution in [1.82, 2.24) is 0 Å². The van der Waals surface area contributed by atoms with Crippen molar-refractivity contribution < 1.29 is 0 Å². The molecule has 0 saturated carbocycles.